The molecule has 0 radical (unpaired) electrons. The number of aryl methyl sites for hydroxylation is 1. The molecule has 0 amide bonds. The van der Waals surface area contributed by atoms with Gasteiger partial charge in [-0.05, 0) is 70.0 Å². The van der Waals surface area contributed by atoms with Gasteiger partial charge in [-0.25, -0.2) is 0 Å². The topological polar surface area (TPSA) is 104 Å². The van der Waals surface area contributed by atoms with Gasteiger partial charge in [0.05, 0.1) is 6.42 Å². The lowest BCUT2D eigenvalue weighted by atomic mass is 9.62. The van der Waals surface area contributed by atoms with E-state index in [1.807, 2.05) is 36.4 Å². The minimum absolute atomic E-state index is 0.0494. The summed E-state index contributed by atoms with van der Waals surface area (Å²) in [6.07, 6.45) is 1.58. The van der Waals surface area contributed by atoms with Gasteiger partial charge >= 0.3 is 5.97 Å². The maximum absolute atomic E-state index is 11.7. The number of Topliss-reactive ketones (excluding diaryl/α,β-unsaturated/α-hetero) is 1. The highest BCUT2D eigenvalue weighted by atomic mass is 32.2. The highest BCUT2D eigenvalue weighted by Crippen LogP contribution is 2.45. The maximum atomic E-state index is 11.7. The molecule has 210 valence electrons. The quantitative estimate of drug-likeness (QED) is 0.221. The highest BCUT2D eigenvalue weighted by Gasteiger charge is 2.46. The molecule has 3 N–H and O–H groups in total. The van der Waals surface area contributed by atoms with Gasteiger partial charge in [-0.2, -0.15) is 0 Å². The normalized spacial score (nSPS) is 20.0. The van der Waals surface area contributed by atoms with E-state index in [0.29, 0.717) is 18.1 Å². The molecule has 0 bridgehead atoms. The van der Waals surface area contributed by atoms with E-state index in [9.17, 15) is 24.9 Å². The number of carbonyl (C=O) groups excluding carboxylic acids is 1. The van der Waals surface area contributed by atoms with E-state index in [1.165, 1.54) is 16.5 Å². The first-order valence-electron chi connectivity index (χ1n) is 13.5. The van der Waals surface area contributed by atoms with Crippen LogP contribution in [0.1, 0.15) is 41.5 Å². The smallest absolute Gasteiger partial charge is 0.304 e. The SMILES string of the molecule is Cc1cc(C2=CCSC(O)C2O)ccc1-c1csc2ccc(COc3ccc(C4(CC(=O)O)CC(=O)C4)cc3)cc12. The number of ether oxygens (including phenoxy) is 1. The van der Waals surface area contributed by atoms with E-state index in [1.54, 1.807) is 11.3 Å². The Hall–Kier alpha value is -3.43. The fourth-order valence-corrected chi connectivity index (χ4v) is 7.65. The first-order valence-corrected chi connectivity index (χ1v) is 15.4. The van der Waals surface area contributed by atoms with E-state index in [2.05, 4.69) is 42.6 Å². The summed E-state index contributed by atoms with van der Waals surface area (Å²) in [5, 5.41) is 33.2. The van der Waals surface area contributed by atoms with Crippen LogP contribution in [0.15, 0.2) is 72.1 Å². The fourth-order valence-electron chi connectivity index (χ4n) is 5.91. The van der Waals surface area contributed by atoms with Crippen molar-refractivity contribution in [2.45, 2.75) is 49.7 Å². The highest BCUT2D eigenvalue weighted by molar-refractivity contribution is 8.00. The Morgan fingerprint density at radius 1 is 1.02 bits per heavy atom. The van der Waals surface area contributed by atoms with Crippen LogP contribution in [-0.4, -0.2) is 44.4 Å². The molecule has 2 aliphatic rings. The summed E-state index contributed by atoms with van der Waals surface area (Å²) in [7, 11) is 0. The predicted octanol–water partition coefficient (Wildman–Crippen LogP) is 6.34. The van der Waals surface area contributed by atoms with Crippen LogP contribution in [0.3, 0.4) is 0 Å². The van der Waals surface area contributed by atoms with Gasteiger partial charge in [-0.1, -0.05) is 42.5 Å². The molecule has 41 heavy (non-hydrogen) atoms. The van der Waals surface area contributed by atoms with Crippen LogP contribution in [0, 0.1) is 6.92 Å². The monoisotopic (exact) mass is 586 g/mol. The number of rotatable bonds is 8. The molecular weight excluding hydrogens is 556 g/mol. The number of carboxylic acids is 1. The fraction of sp³-hybridized carbons (Fsp3) is 0.273. The van der Waals surface area contributed by atoms with E-state index in [-0.39, 0.29) is 25.0 Å². The largest absolute Gasteiger partial charge is 0.489 e. The van der Waals surface area contributed by atoms with Crippen molar-refractivity contribution >= 4 is 50.5 Å². The molecule has 2 atom stereocenters. The molecular formula is C33H30O6S2. The van der Waals surface area contributed by atoms with Crippen LogP contribution >= 0.6 is 23.1 Å². The van der Waals surface area contributed by atoms with Crippen LogP contribution in [0.5, 0.6) is 5.75 Å². The zero-order chi connectivity index (χ0) is 28.7. The minimum Gasteiger partial charge on any atom is -0.489 e. The molecule has 2 unspecified atom stereocenters. The summed E-state index contributed by atoms with van der Waals surface area (Å²) in [6.45, 7) is 2.45. The Bertz CT molecular complexity index is 1660. The zero-order valence-electron chi connectivity index (χ0n) is 22.5. The van der Waals surface area contributed by atoms with Crippen molar-refractivity contribution in [2.75, 3.05) is 5.75 Å². The summed E-state index contributed by atoms with van der Waals surface area (Å²) in [5.74, 6) is 0.557. The first-order chi connectivity index (χ1) is 19.7. The number of hydrogen-bond acceptors (Lipinski definition) is 7. The van der Waals surface area contributed by atoms with Crippen LogP contribution in [0.2, 0.25) is 0 Å². The molecule has 1 aliphatic carbocycles. The molecule has 1 aromatic heterocycles. The number of hydrogen-bond donors (Lipinski definition) is 3. The average molecular weight is 587 g/mol. The van der Waals surface area contributed by atoms with Gasteiger partial charge in [0.1, 0.15) is 29.7 Å². The van der Waals surface area contributed by atoms with Gasteiger partial charge in [0.25, 0.3) is 0 Å². The number of thiophene rings is 1. The number of carbonyl (C=O) groups is 2. The molecule has 1 fully saturated rings. The van der Waals surface area contributed by atoms with E-state index < -0.39 is 22.9 Å². The van der Waals surface area contributed by atoms with Gasteiger partial charge in [-0.15, -0.1) is 23.1 Å². The summed E-state index contributed by atoms with van der Waals surface area (Å²) in [6, 6.07) is 20.0. The number of aliphatic carboxylic acids is 1. The van der Waals surface area contributed by atoms with Crippen molar-refractivity contribution in [3.63, 3.8) is 0 Å². The van der Waals surface area contributed by atoms with Crippen LogP contribution in [-0.2, 0) is 21.6 Å². The molecule has 0 saturated heterocycles. The van der Waals surface area contributed by atoms with Crippen molar-refractivity contribution in [1.29, 1.82) is 0 Å². The van der Waals surface area contributed by atoms with Crippen molar-refractivity contribution < 1.29 is 29.6 Å². The Kier molecular flexibility index (Phi) is 7.50. The molecule has 6 nitrogen and oxygen atoms in total. The maximum Gasteiger partial charge on any atom is 0.304 e. The lowest BCUT2D eigenvalue weighted by molar-refractivity contribution is -0.141. The molecule has 1 saturated carbocycles. The molecule has 0 spiro atoms. The zero-order valence-corrected chi connectivity index (χ0v) is 24.1. The number of benzene rings is 3. The Labute approximate surface area is 246 Å². The minimum atomic E-state index is -0.897. The molecule has 4 aromatic rings. The lowest BCUT2D eigenvalue weighted by Gasteiger charge is -2.39. The van der Waals surface area contributed by atoms with Gasteiger partial charge in [-0.3, -0.25) is 9.59 Å². The number of ketones is 1. The molecule has 6 rings (SSSR count). The van der Waals surface area contributed by atoms with Gasteiger partial charge in [0.15, 0.2) is 0 Å². The predicted molar refractivity (Wildman–Crippen MR) is 163 cm³/mol. The van der Waals surface area contributed by atoms with Crippen molar-refractivity contribution in [1.82, 2.24) is 0 Å². The van der Waals surface area contributed by atoms with Gasteiger partial charge in [0, 0.05) is 39.7 Å². The van der Waals surface area contributed by atoms with Crippen LogP contribution in [0.25, 0.3) is 26.8 Å². The van der Waals surface area contributed by atoms with Crippen LogP contribution < -0.4 is 4.74 Å². The second kappa shape index (κ2) is 11.1. The van der Waals surface area contributed by atoms with Crippen molar-refractivity contribution in [2.24, 2.45) is 0 Å². The second-order valence-corrected chi connectivity index (χ2v) is 13.0. The Balaban J connectivity index is 1.19. The Morgan fingerprint density at radius 2 is 1.80 bits per heavy atom. The lowest BCUT2D eigenvalue weighted by Crippen LogP contribution is -2.43. The van der Waals surface area contributed by atoms with Gasteiger partial charge < -0.3 is 20.1 Å². The van der Waals surface area contributed by atoms with E-state index in [0.717, 1.165) is 44.3 Å². The van der Waals surface area contributed by atoms with Crippen molar-refractivity contribution in [3.05, 3.63) is 94.4 Å². The van der Waals surface area contributed by atoms with Crippen molar-refractivity contribution in [3.8, 4) is 16.9 Å². The summed E-state index contributed by atoms with van der Waals surface area (Å²) >= 11 is 3.03. The van der Waals surface area contributed by atoms with Crippen LogP contribution in [0.4, 0.5) is 0 Å². The third kappa shape index (κ3) is 5.45. The second-order valence-electron chi connectivity index (χ2n) is 10.9. The molecule has 3 aromatic carbocycles. The number of fused-ring (bicyclic) bond motifs is 1. The molecule has 8 heteroatoms. The average Bonchev–Trinajstić information content (AvgIpc) is 3.35. The molecule has 2 heterocycles. The van der Waals surface area contributed by atoms with E-state index in [4.69, 9.17) is 4.74 Å². The van der Waals surface area contributed by atoms with Gasteiger partial charge in [0.2, 0.25) is 0 Å². The number of aliphatic hydroxyl groups is 2. The Morgan fingerprint density at radius 3 is 2.51 bits per heavy atom. The number of thioether (sulfide) groups is 1. The first kappa shape index (κ1) is 27.7. The summed E-state index contributed by atoms with van der Waals surface area (Å²) in [5.41, 5.74) is 5.54. The molecule has 1 aliphatic heterocycles. The van der Waals surface area contributed by atoms with E-state index >= 15 is 0 Å². The third-order valence-corrected chi connectivity index (χ3v) is 10.0. The standard InChI is InChI=1S/C33H30O6S2/c1-19-12-21(26-10-11-40-32(38)31(26)37)3-8-25(19)28-18-41-29-9-2-20(13-27(28)29)17-39-24-6-4-22(5-7-24)33(16-30(35)36)14-23(34)15-33/h2-10,12-13,18,31-32,37-38H,11,14-17H2,1H3,(H,35,36). The number of aliphatic hydroxyl groups excluding tert-OH is 2. The summed E-state index contributed by atoms with van der Waals surface area (Å²) < 4.78 is 7.26. The summed E-state index contributed by atoms with van der Waals surface area (Å²) in [4.78, 5) is 23.0. The number of carboxylic acid groups (broad SMARTS) is 1. The third-order valence-electron chi connectivity index (χ3n) is 8.08.